The number of nitrogens with zero attached hydrogens (tertiary/aromatic N) is 1. The van der Waals surface area contributed by atoms with Crippen molar-refractivity contribution in [2.75, 3.05) is 0 Å². The summed E-state index contributed by atoms with van der Waals surface area (Å²) in [7, 11) is -3.58. The zero-order chi connectivity index (χ0) is 17.7. The minimum Gasteiger partial charge on any atom is -0.263 e. The highest BCUT2D eigenvalue weighted by molar-refractivity contribution is 7.89. The van der Waals surface area contributed by atoms with Crippen molar-refractivity contribution < 1.29 is 8.42 Å². The molecule has 3 nitrogen and oxygen atoms in total. The second-order valence-corrected chi connectivity index (χ2v) is 9.12. The number of aryl methyl sites for hydroxylation is 2. The third-order valence-corrected chi connectivity index (χ3v) is 7.30. The van der Waals surface area contributed by atoms with Crippen LogP contribution in [0.4, 0.5) is 0 Å². The first-order valence-corrected chi connectivity index (χ1v) is 10.2. The van der Waals surface area contributed by atoms with Gasteiger partial charge in [-0.15, -0.1) is 0 Å². The summed E-state index contributed by atoms with van der Waals surface area (Å²) in [6, 6.07) is 15.5. The first kappa shape index (κ1) is 16.4. The van der Waals surface area contributed by atoms with Gasteiger partial charge >= 0.3 is 0 Å². The van der Waals surface area contributed by atoms with Crippen molar-refractivity contribution in [2.45, 2.75) is 50.0 Å². The third-order valence-electron chi connectivity index (χ3n) is 5.46. The quantitative estimate of drug-likeness (QED) is 0.796. The van der Waals surface area contributed by atoms with Crippen molar-refractivity contribution in [1.29, 1.82) is 0 Å². The topological polar surface area (TPSA) is 37.4 Å². The second kappa shape index (κ2) is 5.73. The molecule has 1 unspecified atom stereocenters. The van der Waals surface area contributed by atoms with Crippen LogP contribution in [0.15, 0.2) is 65.2 Å². The van der Waals surface area contributed by atoms with Gasteiger partial charge in [-0.3, -0.25) is 4.31 Å². The van der Waals surface area contributed by atoms with Crippen LogP contribution in [-0.2, 0) is 22.0 Å². The first-order valence-electron chi connectivity index (χ1n) is 8.80. The molecule has 1 atom stereocenters. The van der Waals surface area contributed by atoms with Crippen molar-refractivity contribution in [3.63, 3.8) is 0 Å². The van der Waals surface area contributed by atoms with E-state index in [9.17, 15) is 8.42 Å². The molecule has 0 saturated carbocycles. The Labute approximate surface area is 150 Å². The molecule has 1 aliphatic carbocycles. The van der Waals surface area contributed by atoms with Crippen LogP contribution in [0.5, 0.6) is 0 Å². The van der Waals surface area contributed by atoms with E-state index in [1.165, 1.54) is 11.1 Å². The molecule has 0 bridgehead atoms. The van der Waals surface area contributed by atoms with Crippen molar-refractivity contribution in [3.8, 4) is 0 Å². The van der Waals surface area contributed by atoms with E-state index in [2.05, 4.69) is 12.1 Å². The number of rotatable bonds is 2. The second-order valence-electron chi connectivity index (χ2n) is 7.31. The molecule has 25 heavy (non-hydrogen) atoms. The fraction of sp³-hybridized carbons (Fsp3) is 0.333. The molecule has 0 amide bonds. The summed E-state index contributed by atoms with van der Waals surface area (Å²) in [5, 5.41) is 0. The maximum atomic E-state index is 13.5. The maximum Gasteiger partial charge on any atom is 0.264 e. The van der Waals surface area contributed by atoms with Crippen molar-refractivity contribution >= 4 is 10.0 Å². The van der Waals surface area contributed by atoms with E-state index in [0.717, 1.165) is 36.8 Å². The van der Waals surface area contributed by atoms with E-state index >= 15 is 0 Å². The molecule has 0 aromatic heterocycles. The molecule has 0 N–H and O–H groups in total. The van der Waals surface area contributed by atoms with Crippen LogP contribution in [0.25, 0.3) is 0 Å². The summed E-state index contributed by atoms with van der Waals surface area (Å²) >= 11 is 0. The van der Waals surface area contributed by atoms with E-state index in [-0.39, 0.29) is 0 Å². The lowest BCUT2D eigenvalue weighted by Crippen LogP contribution is -2.45. The van der Waals surface area contributed by atoms with Crippen molar-refractivity contribution in [2.24, 2.45) is 0 Å². The van der Waals surface area contributed by atoms with Crippen LogP contribution >= 0.6 is 0 Å². The minimum atomic E-state index is -3.58. The Morgan fingerprint density at radius 3 is 2.48 bits per heavy atom. The van der Waals surface area contributed by atoms with Gasteiger partial charge in [0, 0.05) is 6.20 Å². The normalized spacial score (nSPS) is 22.8. The molecule has 1 heterocycles. The van der Waals surface area contributed by atoms with Gasteiger partial charge in [0.1, 0.15) is 0 Å². The molecule has 1 aliphatic heterocycles. The minimum absolute atomic E-state index is 0.367. The predicted molar refractivity (Wildman–Crippen MR) is 99.6 cm³/mol. The molecule has 2 aliphatic rings. The standard InChI is InChI=1S/C21H23NO2S/c1-16-9-11-19(12-10-16)25(23,24)22-15-17(2)14-21(22)13-5-7-18-6-3-4-8-20(18)21/h3-4,6,8-12,15H,5,7,13-14H2,1-2H3. The monoisotopic (exact) mass is 353 g/mol. The highest BCUT2D eigenvalue weighted by Crippen LogP contribution is 2.50. The molecule has 0 fully saturated rings. The average molecular weight is 353 g/mol. The summed E-state index contributed by atoms with van der Waals surface area (Å²) in [6.45, 7) is 4.00. The molecule has 0 saturated heterocycles. The van der Waals surface area contributed by atoms with E-state index in [1.54, 1.807) is 16.4 Å². The van der Waals surface area contributed by atoms with E-state index in [0.29, 0.717) is 4.90 Å². The largest absolute Gasteiger partial charge is 0.264 e. The number of sulfonamides is 1. The molecule has 0 radical (unpaired) electrons. The van der Waals surface area contributed by atoms with E-state index < -0.39 is 15.6 Å². The maximum absolute atomic E-state index is 13.5. The van der Waals surface area contributed by atoms with Gasteiger partial charge in [0.05, 0.1) is 10.4 Å². The van der Waals surface area contributed by atoms with Crippen molar-refractivity contribution in [3.05, 3.63) is 77.0 Å². The number of hydrogen-bond donors (Lipinski definition) is 0. The summed E-state index contributed by atoms with van der Waals surface area (Å²) in [5.74, 6) is 0. The Hall–Kier alpha value is -2.07. The van der Waals surface area contributed by atoms with Crippen molar-refractivity contribution in [1.82, 2.24) is 4.31 Å². The molecule has 2 aromatic rings. The fourth-order valence-electron chi connectivity index (χ4n) is 4.34. The Balaban J connectivity index is 1.87. The van der Waals surface area contributed by atoms with E-state index in [4.69, 9.17) is 0 Å². The SMILES string of the molecule is CC1=CN(S(=O)(=O)c2ccc(C)cc2)C2(CCCc3ccccc32)C1. The molecular formula is C21H23NO2S. The van der Waals surface area contributed by atoms with Gasteiger partial charge in [-0.1, -0.05) is 47.5 Å². The summed E-state index contributed by atoms with van der Waals surface area (Å²) in [6.07, 6.45) is 5.52. The third kappa shape index (κ3) is 2.51. The van der Waals surface area contributed by atoms with Crippen LogP contribution in [0, 0.1) is 6.92 Å². The smallest absolute Gasteiger partial charge is 0.263 e. The van der Waals surface area contributed by atoms with Gasteiger partial charge < -0.3 is 0 Å². The highest BCUT2D eigenvalue weighted by atomic mass is 32.2. The Morgan fingerprint density at radius 2 is 1.72 bits per heavy atom. The molecule has 4 heteroatoms. The number of hydrogen-bond acceptors (Lipinski definition) is 2. The Morgan fingerprint density at radius 1 is 1.00 bits per heavy atom. The van der Waals surface area contributed by atoms with Gasteiger partial charge in [-0.05, 0) is 62.8 Å². The lowest BCUT2D eigenvalue weighted by atomic mass is 9.75. The molecule has 2 aromatic carbocycles. The summed E-state index contributed by atoms with van der Waals surface area (Å²) < 4.78 is 28.6. The fourth-order valence-corrected chi connectivity index (χ4v) is 6.08. The van der Waals surface area contributed by atoms with Gasteiger partial charge in [0.15, 0.2) is 0 Å². The van der Waals surface area contributed by atoms with Gasteiger partial charge in [0.2, 0.25) is 0 Å². The number of fused-ring (bicyclic) bond motifs is 2. The molecule has 1 spiro atoms. The van der Waals surface area contributed by atoms with E-state index in [1.807, 2.05) is 44.3 Å². The van der Waals surface area contributed by atoms with Crippen LogP contribution in [-0.4, -0.2) is 12.7 Å². The summed E-state index contributed by atoms with van der Waals surface area (Å²) in [5.41, 5.74) is 4.16. The van der Waals surface area contributed by atoms with Gasteiger partial charge in [0.25, 0.3) is 10.0 Å². The predicted octanol–water partition coefficient (Wildman–Crippen LogP) is 4.53. The van der Waals surface area contributed by atoms with Crippen LogP contribution in [0.2, 0.25) is 0 Å². The lowest BCUT2D eigenvalue weighted by Gasteiger charge is -2.43. The van der Waals surface area contributed by atoms with Gasteiger partial charge in [-0.2, -0.15) is 0 Å². The number of benzene rings is 2. The molecule has 4 rings (SSSR count). The Bertz CT molecular complexity index is 944. The highest BCUT2D eigenvalue weighted by Gasteiger charge is 2.49. The lowest BCUT2D eigenvalue weighted by molar-refractivity contribution is 0.227. The average Bonchev–Trinajstić information content (AvgIpc) is 2.93. The zero-order valence-corrected chi connectivity index (χ0v) is 15.5. The molecule has 130 valence electrons. The van der Waals surface area contributed by atoms with Crippen LogP contribution < -0.4 is 0 Å². The Kier molecular flexibility index (Phi) is 3.76. The zero-order valence-electron chi connectivity index (χ0n) is 14.7. The van der Waals surface area contributed by atoms with Crippen LogP contribution in [0.1, 0.15) is 42.9 Å². The first-order chi connectivity index (χ1) is 11.9. The van der Waals surface area contributed by atoms with Gasteiger partial charge in [-0.25, -0.2) is 8.42 Å². The summed E-state index contributed by atoms with van der Waals surface area (Å²) in [4.78, 5) is 0.367. The molecular weight excluding hydrogens is 330 g/mol. The van der Waals surface area contributed by atoms with Crippen LogP contribution in [0.3, 0.4) is 0 Å².